The molecule has 4 atom stereocenters. The van der Waals surface area contributed by atoms with Gasteiger partial charge in [0.05, 0.1) is 11.9 Å². The number of hydrogen-bond acceptors (Lipinski definition) is 4. The van der Waals surface area contributed by atoms with Crippen molar-refractivity contribution < 1.29 is 9.84 Å². The van der Waals surface area contributed by atoms with Gasteiger partial charge < -0.3 is 9.84 Å². The number of hydrogen-bond donors (Lipinski definition) is 2. The van der Waals surface area contributed by atoms with Crippen molar-refractivity contribution in [1.29, 1.82) is 0 Å². The molecule has 0 radical (unpaired) electrons. The van der Waals surface area contributed by atoms with Crippen LogP contribution in [0.25, 0.3) is 0 Å². The Morgan fingerprint density at radius 2 is 2.19 bits per heavy atom. The van der Waals surface area contributed by atoms with Crippen LogP contribution in [0.4, 0.5) is 0 Å². The fraction of sp³-hybridized carbons (Fsp3) is 0.571. The first-order valence-corrected chi connectivity index (χ1v) is 10.0. The van der Waals surface area contributed by atoms with E-state index in [4.69, 9.17) is 4.74 Å². The summed E-state index contributed by atoms with van der Waals surface area (Å²) in [5, 5.41) is 18.1. The van der Waals surface area contributed by atoms with E-state index in [-0.39, 0.29) is 11.5 Å². The molecule has 2 bridgehead atoms. The molecule has 1 spiro atoms. The van der Waals surface area contributed by atoms with E-state index in [1.807, 2.05) is 12.3 Å². The highest BCUT2D eigenvalue weighted by Crippen LogP contribution is 2.67. The summed E-state index contributed by atoms with van der Waals surface area (Å²) in [6, 6.07) is 4.56. The number of likely N-dealkylation sites (tertiary alicyclic amines) is 1. The first kappa shape index (κ1) is 14.1. The number of aromatic amines is 1. The van der Waals surface area contributed by atoms with Crippen LogP contribution in [0.1, 0.15) is 47.8 Å². The summed E-state index contributed by atoms with van der Waals surface area (Å²) in [6.45, 7) is 2.41. The Hall–Kier alpha value is -2.01. The molecule has 5 heteroatoms. The van der Waals surface area contributed by atoms with E-state index in [9.17, 15) is 5.11 Å². The maximum absolute atomic E-state index is 10.5. The fourth-order valence-corrected chi connectivity index (χ4v) is 6.62. The van der Waals surface area contributed by atoms with Crippen LogP contribution < -0.4 is 4.74 Å². The Kier molecular flexibility index (Phi) is 2.41. The molecule has 3 heterocycles. The number of fused-ring (bicyclic) bond motifs is 2. The lowest BCUT2D eigenvalue weighted by molar-refractivity contribution is -0.0374. The Morgan fingerprint density at radius 1 is 1.27 bits per heavy atom. The van der Waals surface area contributed by atoms with Gasteiger partial charge in [0.25, 0.3) is 0 Å². The molecular formula is C21H23N3O2. The van der Waals surface area contributed by atoms with E-state index in [0.29, 0.717) is 17.7 Å². The summed E-state index contributed by atoms with van der Waals surface area (Å²) < 4.78 is 6.48. The SMILES string of the molecule is Oc1ccc2c3c1O[C@H]1c4[nH]ncc4C[C@H]4[C@@H](C2)N(CC2CC2)CC[C@]314. The van der Waals surface area contributed by atoms with Crippen LogP contribution in [-0.4, -0.2) is 39.3 Å². The number of nitrogens with zero attached hydrogens (tertiary/aromatic N) is 2. The molecule has 5 aliphatic rings. The van der Waals surface area contributed by atoms with E-state index in [1.165, 1.54) is 36.1 Å². The summed E-state index contributed by atoms with van der Waals surface area (Å²) in [7, 11) is 0. The molecule has 2 fully saturated rings. The lowest BCUT2D eigenvalue weighted by Gasteiger charge is -2.57. The van der Waals surface area contributed by atoms with Crippen LogP contribution in [0.5, 0.6) is 11.5 Å². The normalized spacial score (nSPS) is 36.4. The third-order valence-electron chi connectivity index (χ3n) is 7.87. The molecule has 2 aliphatic heterocycles. The van der Waals surface area contributed by atoms with Gasteiger partial charge in [0.15, 0.2) is 17.6 Å². The minimum absolute atomic E-state index is 0.00586. The van der Waals surface area contributed by atoms with Gasteiger partial charge in [0, 0.05) is 23.6 Å². The second-order valence-corrected chi connectivity index (χ2v) is 9.07. The minimum atomic E-state index is -0.0216. The van der Waals surface area contributed by atoms with Crippen LogP contribution in [-0.2, 0) is 18.3 Å². The average molecular weight is 349 g/mol. The second-order valence-electron chi connectivity index (χ2n) is 9.07. The first-order valence-electron chi connectivity index (χ1n) is 10.0. The van der Waals surface area contributed by atoms with E-state index in [2.05, 4.69) is 21.2 Å². The van der Waals surface area contributed by atoms with Crippen molar-refractivity contribution in [3.05, 3.63) is 40.7 Å². The highest BCUT2D eigenvalue weighted by molar-refractivity contribution is 5.62. The summed E-state index contributed by atoms with van der Waals surface area (Å²) in [6.07, 6.45) is 8.07. The third-order valence-corrected chi connectivity index (χ3v) is 7.87. The molecule has 1 aromatic heterocycles. The van der Waals surface area contributed by atoms with Crippen LogP contribution >= 0.6 is 0 Å². The van der Waals surface area contributed by atoms with E-state index in [0.717, 1.165) is 43.2 Å². The van der Waals surface area contributed by atoms with Gasteiger partial charge in [0.2, 0.25) is 0 Å². The van der Waals surface area contributed by atoms with Gasteiger partial charge in [0.1, 0.15) is 0 Å². The summed E-state index contributed by atoms with van der Waals surface area (Å²) in [5.41, 5.74) is 5.16. The van der Waals surface area contributed by atoms with Gasteiger partial charge in [-0.25, -0.2) is 0 Å². The molecule has 1 aromatic carbocycles. The molecule has 26 heavy (non-hydrogen) atoms. The number of aromatic nitrogens is 2. The number of phenols is 1. The topological polar surface area (TPSA) is 61.4 Å². The maximum atomic E-state index is 10.5. The van der Waals surface area contributed by atoms with Gasteiger partial charge in [-0.2, -0.15) is 5.10 Å². The van der Waals surface area contributed by atoms with Crippen LogP contribution in [0.3, 0.4) is 0 Å². The van der Waals surface area contributed by atoms with Crippen molar-refractivity contribution in [3.8, 4) is 11.5 Å². The number of benzene rings is 1. The van der Waals surface area contributed by atoms with Crippen LogP contribution in [0.2, 0.25) is 0 Å². The number of phenolic OH excluding ortho intramolecular Hbond substituents is 1. The quantitative estimate of drug-likeness (QED) is 0.875. The zero-order chi connectivity index (χ0) is 17.0. The predicted octanol–water partition coefficient (Wildman–Crippen LogP) is 2.70. The molecule has 2 N–H and O–H groups in total. The lowest BCUT2D eigenvalue weighted by Crippen LogP contribution is -2.63. The number of aromatic hydroxyl groups is 1. The molecule has 0 unspecified atom stereocenters. The maximum Gasteiger partial charge on any atom is 0.166 e. The Bertz CT molecular complexity index is 933. The standard InChI is InChI=1S/C21H23N3O2/c25-16-4-3-12-8-15-14-7-13-9-22-23-18(13)20-21(14,17(12)19(16)26-20)5-6-24(15)10-11-1-2-11/h3-4,9,11,14-15,20,25H,1-2,5-8,10H2,(H,22,23)/t14-,15+,20-,21-/m0/s1. The third kappa shape index (κ3) is 1.51. The zero-order valence-corrected chi connectivity index (χ0v) is 14.7. The molecule has 2 aromatic rings. The first-order chi connectivity index (χ1) is 12.8. The molecule has 1 saturated carbocycles. The summed E-state index contributed by atoms with van der Waals surface area (Å²) in [5.74, 6) is 2.52. The number of ether oxygens (including phenoxy) is 1. The van der Waals surface area contributed by atoms with Gasteiger partial charge in [-0.15, -0.1) is 0 Å². The fourth-order valence-electron chi connectivity index (χ4n) is 6.62. The highest BCUT2D eigenvalue weighted by Gasteiger charge is 2.65. The monoisotopic (exact) mass is 349 g/mol. The molecule has 1 saturated heterocycles. The van der Waals surface area contributed by atoms with Crippen molar-refractivity contribution in [3.63, 3.8) is 0 Å². The van der Waals surface area contributed by atoms with Gasteiger partial charge >= 0.3 is 0 Å². The molecule has 7 rings (SSSR count). The summed E-state index contributed by atoms with van der Waals surface area (Å²) >= 11 is 0. The van der Waals surface area contributed by atoms with Crippen molar-refractivity contribution in [1.82, 2.24) is 15.1 Å². The van der Waals surface area contributed by atoms with Gasteiger partial charge in [-0.1, -0.05) is 6.07 Å². The van der Waals surface area contributed by atoms with Gasteiger partial charge in [-0.3, -0.25) is 10.00 Å². The number of rotatable bonds is 2. The van der Waals surface area contributed by atoms with Crippen LogP contribution in [0.15, 0.2) is 18.3 Å². The van der Waals surface area contributed by atoms with E-state index >= 15 is 0 Å². The Morgan fingerprint density at radius 3 is 3.08 bits per heavy atom. The molecule has 3 aliphatic carbocycles. The minimum Gasteiger partial charge on any atom is -0.504 e. The van der Waals surface area contributed by atoms with E-state index < -0.39 is 0 Å². The van der Waals surface area contributed by atoms with E-state index in [1.54, 1.807) is 0 Å². The Balaban J connectivity index is 1.46. The summed E-state index contributed by atoms with van der Waals surface area (Å²) in [4.78, 5) is 2.78. The van der Waals surface area contributed by atoms with Gasteiger partial charge in [-0.05, 0) is 67.7 Å². The van der Waals surface area contributed by atoms with Crippen molar-refractivity contribution in [2.75, 3.05) is 13.1 Å². The highest BCUT2D eigenvalue weighted by atomic mass is 16.5. The second kappa shape index (κ2) is 4.45. The smallest absolute Gasteiger partial charge is 0.166 e. The number of H-pyrrole nitrogens is 1. The molecular weight excluding hydrogens is 326 g/mol. The molecule has 134 valence electrons. The zero-order valence-electron chi connectivity index (χ0n) is 14.7. The Labute approximate surface area is 152 Å². The number of piperidine rings is 1. The van der Waals surface area contributed by atoms with Crippen molar-refractivity contribution in [2.45, 2.75) is 49.7 Å². The largest absolute Gasteiger partial charge is 0.504 e. The predicted molar refractivity (Wildman–Crippen MR) is 95.3 cm³/mol. The van der Waals surface area contributed by atoms with Crippen molar-refractivity contribution in [2.24, 2.45) is 11.8 Å². The van der Waals surface area contributed by atoms with Crippen molar-refractivity contribution >= 4 is 0 Å². The molecule has 0 amide bonds. The van der Waals surface area contributed by atoms with Crippen LogP contribution in [0, 0.1) is 11.8 Å². The molecule has 5 nitrogen and oxygen atoms in total. The number of nitrogens with one attached hydrogen (secondary N) is 1. The lowest BCUT2D eigenvalue weighted by atomic mass is 9.52. The average Bonchev–Trinajstić information content (AvgIpc) is 3.20.